The Bertz CT molecular complexity index is 1200. The molecule has 2 amide bonds. The Morgan fingerprint density at radius 2 is 1.62 bits per heavy atom. The molecule has 204 valence electrons. The molecule has 2 aromatic carbocycles. The lowest BCUT2D eigenvalue weighted by molar-refractivity contribution is -0.140. The molecule has 2 rings (SSSR count). The van der Waals surface area contributed by atoms with E-state index in [1.165, 1.54) is 4.90 Å². The predicted molar refractivity (Wildman–Crippen MR) is 152 cm³/mol. The van der Waals surface area contributed by atoms with Gasteiger partial charge in [0.1, 0.15) is 12.6 Å². The molecule has 2 aromatic rings. The van der Waals surface area contributed by atoms with Gasteiger partial charge in [0.05, 0.1) is 22.0 Å². The van der Waals surface area contributed by atoms with Gasteiger partial charge in [-0.15, -0.1) is 0 Å². The Balaban J connectivity index is 2.53. The lowest BCUT2D eigenvalue weighted by Crippen LogP contribution is -2.53. The molecule has 0 unspecified atom stereocenters. The van der Waals surface area contributed by atoms with Crippen LogP contribution in [0.3, 0.4) is 0 Å². The molecule has 0 aliphatic heterocycles. The first kappa shape index (κ1) is 30.9. The summed E-state index contributed by atoms with van der Waals surface area (Å²) in [6.45, 7) is 9.21. The lowest BCUT2D eigenvalue weighted by Gasteiger charge is -2.34. The van der Waals surface area contributed by atoms with Crippen LogP contribution in [0.15, 0.2) is 42.5 Å². The summed E-state index contributed by atoms with van der Waals surface area (Å²) < 4.78 is 26.9. The number of nitrogens with one attached hydrogen (secondary N) is 1. The molecule has 2 atom stereocenters. The van der Waals surface area contributed by atoms with Crippen LogP contribution in [0.25, 0.3) is 0 Å². The maximum Gasteiger partial charge on any atom is 0.244 e. The second-order valence-electron chi connectivity index (χ2n) is 9.50. The summed E-state index contributed by atoms with van der Waals surface area (Å²) in [4.78, 5) is 28.5. The molecule has 1 N–H and O–H groups in total. The topological polar surface area (TPSA) is 86.8 Å². The number of benzene rings is 2. The van der Waals surface area contributed by atoms with Crippen LogP contribution in [-0.4, -0.2) is 50.0 Å². The van der Waals surface area contributed by atoms with Crippen LogP contribution in [0.4, 0.5) is 5.69 Å². The van der Waals surface area contributed by atoms with E-state index in [0.29, 0.717) is 27.7 Å². The van der Waals surface area contributed by atoms with E-state index in [2.05, 4.69) is 5.32 Å². The first-order valence-electron chi connectivity index (χ1n) is 12.4. The largest absolute Gasteiger partial charge is 0.352 e. The van der Waals surface area contributed by atoms with E-state index in [-0.39, 0.29) is 24.4 Å². The van der Waals surface area contributed by atoms with Crippen molar-refractivity contribution in [2.75, 3.05) is 17.1 Å². The van der Waals surface area contributed by atoms with Crippen LogP contribution in [0.2, 0.25) is 10.0 Å². The number of hydrogen-bond acceptors (Lipinski definition) is 4. The normalized spacial score (nSPS) is 13.2. The number of sulfonamides is 1. The first-order chi connectivity index (χ1) is 17.3. The van der Waals surface area contributed by atoms with Gasteiger partial charge in [-0.3, -0.25) is 13.9 Å². The number of para-hydroxylation sites is 1. The lowest BCUT2D eigenvalue weighted by atomic mass is 10.0. The first-order valence-corrected chi connectivity index (χ1v) is 15.0. The van der Waals surface area contributed by atoms with Gasteiger partial charge < -0.3 is 10.2 Å². The van der Waals surface area contributed by atoms with Crippen LogP contribution < -0.4 is 9.62 Å². The van der Waals surface area contributed by atoms with E-state index >= 15 is 0 Å². The second kappa shape index (κ2) is 13.5. The number of hydrogen-bond donors (Lipinski definition) is 1. The molecule has 0 aromatic heterocycles. The maximum atomic E-state index is 13.9. The third-order valence-corrected chi connectivity index (χ3v) is 8.10. The molecule has 0 aliphatic carbocycles. The molecule has 10 heteroatoms. The molecule has 0 fully saturated rings. The number of anilines is 1. The maximum absolute atomic E-state index is 13.9. The van der Waals surface area contributed by atoms with Crippen molar-refractivity contribution in [3.05, 3.63) is 63.6 Å². The van der Waals surface area contributed by atoms with Crippen molar-refractivity contribution in [2.24, 2.45) is 0 Å². The van der Waals surface area contributed by atoms with E-state index in [4.69, 9.17) is 23.2 Å². The van der Waals surface area contributed by atoms with Crippen molar-refractivity contribution < 1.29 is 18.0 Å². The van der Waals surface area contributed by atoms with Crippen molar-refractivity contribution in [3.63, 3.8) is 0 Å². The number of amides is 2. The molecule has 0 saturated carbocycles. The van der Waals surface area contributed by atoms with Crippen LogP contribution in [0.5, 0.6) is 0 Å². The Labute approximate surface area is 231 Å². The average Bonchev–Trinajstić information content (AvgIpc) is 2.83. The van der Waals surface area contributed by atoms with Crippen molar-refractivity contribution in [1.29, 1.82) is 0 Å². The average molecular weight is 571 g/mol. The smallest absolute Gasteiger partial charge is 0.244 e. The van der Waals surface area contributed by atoms with Crippen molar-refractivity contribution in [1.82, 2.24) is 10.2 Å². The molecular weight excluding hydrogens is 533 g/mol. The Morgan fingerprint density at radius 3 is 2.16 bits per heavy atom. The highest BCUT2D eigenvalue weighted by Crippen LogP contribution is 2.30. The summed E-state index contributed by atoms with van der Waals surface area (Å²) in [7, 11) is -3.82. The summed E-state index contributed by atoms with van der Waals surface area (Å²) in [5, 5.41) is 3.65. The SMILES string of the molecule is CC[C@@H](C)NC(=O)[C@H](CC)N(Cc1ccc(Cl)c(Cl)c1)C(=O)CN(c1ccccc1C(C)C)S(C)(=O)=O. The number of rotatable bonds is 12. The fourth-order valence-corrected chi connectivity index (χ4v) is 5.18. The Hall–Kier alpha value is -2.29. The summed E-state index contributed by atoms with van der Waals surface area (Å²) in [5.74, 6) is -0.757. The van der Waals surface area contributed by atoms with Crippen molar-refractivity contribution in [3.8, 4) is 0 Å². The standard InChI is InChI=1S/C27H37Cl2N3O4S/c1-7-19(5)30-27(34)24(8-2)31(16-20-13-14-22(28)23(29)15-20)26(33)17-32(37(6,35)36)25-12-10-9-11-21(25)18(3)4/h9-15,18-19,24H,7-8,16-17H2,1-6H3,(H,30,34)/t19-,24+/m1/s1. The third-order valence-electron chi connectivity index (χ3n) is 6.23. The molecule has 0 radical (unpaired) electrons. The molecular formula is C27H37Cl2N3O4S. The van der Waals surface area contributed by atoms with Crippen LogP contribution >= 0.6 is 23.2 Å². The molecule has 0 saturated heterocycles. The highest BCUT2D eigenvalue weighted by atomic mass is 35.5. The third kappa shape index (κ3) is 8.35. The zero-order valence-corrected chi connectivity index (χ0v) is 24.6. The number of carbonyl (C=O) groups is 2. The van der Waals surface area contributed by atoms with Crippen molar-refractivity contribution in [2.45, 2.75) is 72.0 Å². The fourth-order valence-electron chi connectivity index (χ4n) is 3.99. The minimum absolute atomic E-state index is 0.0348. The van der Waals surface area contributed by atoms with E-state index in [9.17, 15) is 18.0 Å². The van der Waals surface area contributed by atoms with E-state index in [1.807, 2.05) is 46.8 Å². The Kier molecular flexibility index (Phi) is 11.3. The van der Waals surface area contributed by atoms with E-state index in [0.717, 1.165) is 22.5 Å². The summed E-state index contributed by atoms with van der Waals surface area (Å²) in [5.41, 5.74) is 1.92. The molecule has 0 spiro atoms. The predicted octanol–water partition coefficient (Wildman–Crippen LogP) is 5.60. The highest BCUT2D eigenvalue weighted by molar-refractivity contribution is 7.92. The second-order valence-corrected chi connectivity index (χ2v) is 12.2. The summed E-state index contributed by atoms with van der Waals surface area (Å²) in [6.07, 6.45) is 2.15. The number of nitrogens with zero attached hydrogens (tertiary/aromatic N) is 2. The van der Waals surface area contributed by atoms with Gasteiger partial charge in [-0.25, -0.2) is 8.42 Å². The zero-order chi connectivity index (χ0) is 27.9. The van der Waals surface area contributed by atoms with Crippen LogP contribution in [0, 0.1) is 0 Å². The minimum atomic E-state index is -3.82. The van der Waals surface area contributed by atoms with Crippen molar-refractivity contribution >= 4 is 50.7 Å². The number of halogens is 2. The van der Waals surface area contributed by atoms with Gasteiger partial charge in [0.15, 0.2) is 0 Å². The molecule has 0 heterocycles. The van der Waals surface area contributed by atoms with Gasteiger partial charge in [-0.05, 0) is 55.0 Å². The summed E-state index contributed by atoms with van der Waals surface area (Å²) >= 11 is 12.3. The van der Waals surface area contributed by atoms with Crippen LogP contribution in [0.1, 0.15) is 64.5 Å². The van der Waals surface area contributed by atoms with Gasteiger partial charge in [-0.2, -0.15) is 0 Å². The monoisotopic (exact) mass is 569 g/mol. The minimum Gasteiger partial charge on any atom is -0.352 e. The fraction of sp³-hybridized carbons (Fsp3) is 0.481. The zero-order valence-electron chi connectivity index (χ0n) is 22.3. The Morgan fingerprint density at radius 1 is 0.973 bits per heavy atom. The van der Waals surface area contributed by atoms with Gasteiger partial charge in [-0.1, -0.05) is 75.2 Å². The molecule has 7 nitrogen and oxygen atoms in total. The molecule has 0 aliphatic rings. The van der Waals surface area contributed by atoms with E-state index in [1.54, 1.807) is 30.3 Å². The van der Waals surface area contributed by atoms with Gasteiger partial charge >= 0.3 is 0 Å². The summed E-state index contributed by atoms with van der Waals surface area (Å²) in [6, 6.07) is 11.2. The van der Waals surface area contributed by atoms with E-state index < -0.39 is 28.5 Å². The van der Waals surface area contributed by atoms with Crippen LogP contribution in [-0.2, 0) is 26.2 Å². The van der Waals surface area contributed by atoms with Gasteiger partial charge in [0.2, 0.25) is 21.8 Å². The quantitative estimate of drug-likeness (QED) is 0.360. The van der Waals surface area contributed by atoms with Gasteiger partial charge in [0, 0.05) is 12.6 Å². The highest BCUT2D eigenvalue weighted by Gasteiger charge is 2.33. The van der Waals surface area contributed by atoms with Gasteiger partial charge in [0.25, 0.3) is 0 Å². The molecule has 0 bridgehead atoms. The molecule has 37 heavy (non-hydrogen) atoms. The number of carbonyl (C=O) groups excluding carboxylic acids is 2.